The van der Waals surface area contributed by atoms with Gasteiger partial charge in [0.15, 0.2) is 0 Å². The normalized spacial score (nSPS) is 12.1. The predicted molar refractivity (Wildman–Crippen MR) is 110 cm³/mol. The van der Waals surface area contributed by atoms with Crippen LogP contribution in [-0.2, 0) is 27.2 Å². The molecule has 0 amide bonds. The molecule has 0 spiro atoms. The first-order chi connectivity index (χ1) is 13.4. The van der Waals surface area contributed by atoms with Crippen LogP contribution in [0.15, 0.2) is 24.3 Å². The van der Waals surface area contributed by atoms with E-state index >= 15 is 0 Å². The SMILES string of the molecule is O=P(OCCCl)(OCCCl)Oc1cccc(OP(=O)(OCCCl)OCCCl)c1. The van der Waals surface area contributed by atoms with E-state index in [1.165, 1.54) is 24.3 Å². The zero-order chi connectivity index (χ0) is 20.9. The average molecular weight is 520 g/mol. The van der Waals surface area contributed by atoms with Crippen LogP contribution in [0.2, 0.25) is 0 Å². The Labute approximate surface area is 183 Å². The lowest BCUT2D eigenvalue weighted by molar-refractivity contribution is 0.168. The van der Waals surface area contributed by atoms with Crippen LogP contribution >= 0.6 is 62.0 Å². The number of alkyl halides is 4. The molecule has 0 aliphatic rings. The van der Waals surface area contributed by atoms with Crippen LogP contribution in [0.4, 0.5) is 0 Å². The number of rotatable bonds is 16. The molecule has 0 saturated carbocycles. The molecule has 1 aromatic rings. The standard InChI is InChI=1S/C14H20Cl4O8P2/c15-4-8-21-27(19,22-9-5-16)25-13-2-1-3-14(12-13)26-28(20,23-10-6-17)24-11-7-18/h1-3,12H,4-11H2. The number of phosphoric ester groups is 2. The second kappa shape index (κ2) is 14.3. The largest absolute Gasteiger partial charge is 0.530 e. The molecule has 0 saturated heterocycles. The molecule has 0 heterocycles. The van der Waals surface area contributed by atoms with E-state index in [9.17, 15) is 9.13 Å². The van der Waals surface area contributed by atoms with Gasteiger partial charge in [0, 0.05) is 29.6 Å². The molecule has 162 valence electrons. The third kappa shape index (κ3) is 10.4. The minimum Gasteiger partial charge on any atom is -0.404 e. The first kappa shape index (κ1) is 26.3. The summed E-state index contributed by atoms with van der Waals surface area (Å²) >= 11 is 22.2. The molecule has 0 bridgehead atoms. The van der Waals surface area contributed by atoms with Crippen LogP contribution in [0.3, 0.4) is 0 Å². The fourth-order valence-electron chi connectivity index (χ4n) is 1.61. The molecule has 14 heteroatoms. The minimum atomic E-state index is -3.97. The summed E-state index contributed by atoms with van der Waals surface area (Å²) in [5.74, 6) is 0.455. The maximum atomic E-state index is 12.6. The van der Waals surface area contributed by atoms with Gasteiger partial charge in [-0.1, -0.05) is 6.07 Å². The smallest absolute Gasteiger partial charge is 0.404 e. The van der Waals surface area contributed by atoms with Gasteiger partial charge in [-0.25, -0.2) is 9.13 Å². The molecule has 0 aliphatic carbocycles. The summed E-state index contributed by atoms with van der Waals surface area (Å²) in [4.78, 5) is 0. The highest BCUT2D eigenvalue weighted by molar-refractivity contribution is 7.49. The maximum Gasteiger partial charge on any atom is 0.530 e. The molecule has 0 radical (unpaired) electrons. The number of halogens is 4. The molecule has 0 fully saturated rings. The van der Waals surface area contributed by atoms with E-state index in [2.05, 4.69) is 0 Å². The Balaban J connectivity index is 2.92. The fourth-order valence-corrected chi connectivity index (χ4v) is 4.71. The van der Waals surface area contributed by atoms with Crippen LogP contribution in [0.1, 0.15) is 0 Å². The van der Waals surface area contributed by atoms with Gasteiger partial charge in [-0.05, 0) is 12.1 Å². The number of hydrogen-bond acceptors (Lipinski definition) is 8. The summed E-state index contributed by atoms with van der Waals surface area (Å²) < 4.78 is 56.2. The molecule has 0 atom stereocenters. The fraction of sp³-hybridized carbons (Fsp3) is 0.571. The summed E-state index contributed by atoms with van der Waals surface area (Å²) in [5, 5.41) is 0. The van der Waals surface area contributed by atoms with Crippen molar-refractivity contribution in [3.8, 4) is 11.5 Å². The highest BCUT2D eigenvalue weighted by Crippen LogP contribution is 2.52. The molecule has 0 aliphatic heterocycles. The van der Waals surface area contributed by atoms with E-state index in [1.807, 2.05) is 0 Å². The van der Waals surface area contributed by atoms with Crippen molar-refractivity contribution in [2.75, 3.05) is 49.9 Å². The number of hydrogen-bond donors (Lipinski definition) is 0. The first-order valence-electron chi connectivity index (χ1n) is 7.91. The Hall–Kier alpha value is 0.280. The van der Waals surface area contributed by atoms with Crippen molar-refractivity contribution in [1.82, 2.24) is 0 Å². The third-order valence-corrected chi connectivity index (χ3v) is 6.03. The monoisotopic (exact) mass is 518 g/mol. The summed E-state index contributed by atoms with van der Waals surface area (Å²) in [5.41, 5.74) is 0. The van der Waals surface area contributed by atoms with Crippen LogP contribution in [-0.4, -0.2) is 49.9 Å². The number of phosphoric acid groups is 2. The third-order valence-electron chi connectivity index (χ3n) is 2.55. The van der Waals surface area contributed by atoms with Crippen LogP contribution in [0.25, 0.3) is 0 Å². The summed E-state index contributed by atoms with van der Waals surface area (Å²) in [7, 11) is -7.94. The van der Waals surface area contributed by atoms with E-state index in [-0.39, 0.29) is 61.4 Å². The van der Waals surface area contributed by atoms with Gasteiger partial charge < -0.3 is 9.05 Å². The van der Waals surface area contributed by atoms with Gasteiger partial charge in [-0.3, -0.25) is 18.1 Å². The van der Waals surface area contributed by atoms with Crippen molar-refractivity contribution in [2.45, 2.75) is 0 Å². The lowest BCUT2D eigenvalue weighted by atomic mass is 10.3. The van der Waals surface area contributed by atoms with Gasteiger partial charge in [0.2, 0.25) is 0 Å². The topological polar surface area (TPSA) is 89.5 Å². The highest BCUT2D eigenvalue weighted by Gasteiger charge is 2.30. The molecule has 0 N–H and O–H groups in total. The van der Waals surface area contributed by atoms with Crippen LogP contribution in [0, 0.1) is 0 Å². The first-order valence-corrected chi connectivity index (χ1v) is 13.0. The Morgan fingerprint density at radius 3 is 1.25 bits per heavy atom. The van der Waals surface area contributed by atoms with Crippen molar-refractivity contribution >= 4 is 62.0 Å². The molecular weight excluding hydrogens is 500 g/mol. The highest BCUT2D eigenvalue weighted by atomic mass is 35.5. The number of benzene rings is 1. The molecule has 1 rings (SSSR count). The average Bonchev–Trinajstić information content (AvgIpc) is 2.68. The van der Waals surface area contributed by atoms with Crippen molar-refractivity contribution in [2.24, 2.45) is 0 Å². The predicted octanol–water partition coefficient (Wildman–Crippen LogP) is 5.68. The van der Waals surface area contributed by atoms with E-state index in [4.69, 9.17) is 73.5 Å². The molecule has 0 unspecified atom stereocenters. The molecule has 8 nitrogen and oxygen atoms in total. The van der Waals surface area contributed by atoms with Gasteiger partial charge in [-0.2, -0.15) is 0 Å². The summed E-state index contributed by atoms with van der Waals surface area (Å²) in [6, 6.07) is 5.75. The molecule has 28 heavy (non-hydrogen) atoms. The summed E-state index contributed by atoms with van der Waals surface area (Å²) in [6.07, 6.45) is 0. The van der Waals surface area contributed by atoms with Crippen LogP contribution < -0.4 is 9.05 Å². The molecule has 1 aromatic carbocycles. The Kier molecular flexibility index (Phi) is 13.5. The van der Waals surface area contributed by atoms with E-state index < -0.39 is 15.6 Å². The van der Waals surface area contributed by atoms with Gasteiger partial charge >= 0.3 is 15.6 Å². The lowest BCUT2D eigenvalue weighted by Gasteiger charge is -2.20. The van der Waals surface area contributed by atoms with Crippen molar-refractivity contribution in [3.05, 3.63) is 24.3 Å². The zero-order valence-electron chi connectivity index (χ0n) is 14.6. The Morgan fingerprint density at radius 2 is 0.964 bits per heavy atom. The van der Waals surface area contributed by atoms with Crippen LogP contribution in [0.5, 0.6) is 11.5 Å². The van der Waals surface area contributed by atoms with Crippen molar-refractivity contribution < 1.29 is 36.3 Å². The van der Waals surface area contributed by atoms with E-state index in [1.54, 1.807) is 0 Å². The molecular formula is C14H20Cl4O8P2. The molecule has 0 aromatic heterocycles. The Morgan fingerprint density at radius 1 is 0.643 bits per heavy atom. The van der Waals surface area contributed by atoms with Gasteiger partial charge in [0.25, 0.3) is 0 Å². The van der Waals surface area contributed by atoms with Crippen molar-refractivity contribution in [3.63, 3.8) is 0 Å². The van der Waals surface area contributed by atoms with Gasteiger partial charge in [-0.15, -0.1) is 46.4 Å². The maximum absolute atomic E-state index is 12.6. The van der Waals surface area contributed by atoms with E-state index in [0.29, 0.717) is 0 Å². The second-order valence-electron chi connectivity index (χ2n) is 4.64. The van der Waals surface area contributed by atoms with Gasteiger partial charge in [0.1, 0.15) is 11.5 Å². The van der Waals surface area contributed by atoms with E-state index in [0.717, 1.165) is 0 Å². The minimum absolute atomic E-state index is 0.0613. The second-order valence-corrected chi connectivity index (χ2v) is 9.34. The van der Waals surface area contributed by atoms with Crippen molar-refractivity contribution in [1.29, 1.82) is 0 Å². The quantitative estimate of drug-likeness (QED) is 0.203. The van der Waals surface area contributed by atoms with Gasteiger partial charge in [0.05, 0.1) is 26.4 Å². The summed E-state index contributed by atoms with van der Waals surface area (Å²) in [6.45, 7) is -0.258. The zero-order valence-corrected chi connectivity index (χ0v) is 19.5. The lowest BCUT2D eigenvalue weighted by Crippen LogP contribution is -2.07. The Bertz CT molecular complexity index is 591.